The number of para-hydroxylation sites is 2. The number of ether oxygens (including phenoxy) is 1. The average Bonchev–Trinajstić information content (AvgIpc) is 1.67. The Morgan fingerprint density at radius 1 is 0.593 bits per heavy atom. The number of aliphatic hydroxyl groups excluding tert-OH is 1. The van der Waals surface area contributed by atoms with Gasteiger partial charge in [-0.05, 0) is 99.5 Å². The quantitative estimate of drug-likeness (QED) is 0.00273. The highest BCUT2D eigenvalue weighted by atomic mass is 32.2. The summed E-state index contributed by atoms with van der Waals surface area (Å²) < 4.78 is 140. The Morgan fingerprint density at radius 3 is 1.56 bits per heavy atom. The number of phenols is 3. The van der Waals surface area contributed by atoms with Crippen LogP contribution in [0, 0.1) is 37.7 Å². The molecule has 0 spiro atoms. The number of aliphatic hydroxyl groups is 1. The second-order valence-electron chi connectivity index (χ2n) is 29.7. The number of nitrogens with zero attached hydrogens (tertiary/aromatic N) is 10. The Hall–Kier alpha value is -14.1. The number of thiol groups is 2. The number of alkyl halides is 7. The fourth-order valence-electron chi connectivity index (χ4n) is 13.4. The van der Waals surface area contributed by atoms with E-state index in [0.717, 1.165) is 124 Å². The van der Waals surface area contributed by atoms with E-state index in [2.05, 4.69) is 50.4 Å². The van der Waals surface area contributed by atoms with Crippen molar-refractivity contribution in [1.82, 2.24) is 19.9 Å². The van der Waals surface area contributed by atoms with Gasteiger partial charge in [0, 0.05) is 91.9 Å². The number of piperidine rings is 1. The lowest BCUT2D eigenvalue weighted by Crippen LogP contribution is -2.56. The number of non-ortho nitro benzene ring substituents is 1. The number of aromatic nitrogens is 3. The molecular weight excluding hydrogens is 1890 g/mol. The molecule has 2 saturated carbocycles. The maximum atomic E-state index is 14.2. The number of nitro groups is 2. The van der Waals surface area contributed by atoms with Crippen LogP contribution in [0.3, 0.4) is 0 Å². The van der Waals surface area contributed by atoms with E-state index in [-0.39, 0.29) is 44.4 Å². The highest BCUT2D eigenvalue weighted by Crippen LogP contribution is 2.43. The smallest absolute Gasteiger partial charge is 0.451 e. The molecule has 0 bridgehead atoms. The standard InChI is InChI=1S/C22H20N2O4.C18H10F4N4O2S2.C18H26N2S3.C13H10O4.C11H8F3N3O4.C8H5F3N2O3/c1-28-22(27)15-12-16(14-8-4-2-5-9-14)23-20-17(24-10-6-3-7-11-24)13-18(25)21(26)19(15)20;19-17(20,13(27)25-15-23-9-5-1-3-7-11(9)29-15)18(21,22)14(28)26-16-24-10-6-2-4-8-12(10)30-16;21-17-15(11-19-13-7-3-1-4-8-13)16(18(22)23-17)12-20-14-9-5-2-6-10-14;14-10-7-6-9(12(16)13(10)17)11(15)8-4-2-1-3-5-8;1-6(18)9(10(19)11(12,13)14)16-15-7-2-4-8(5-3-7)17(20)21;1-3(14)12-8-5(13(15)16)2-4(9)6(10)7(8)11/h2,4-5,8-9,12-13H,3,6-7,10-11H2,1H3;1-8H,(H,23,25,27)(H,24,26,28);11-14,21-22H,1-10H2;1-7,14,16-17H;2-5,19H,1H3;2H,1H3,(H,12,14). The first kappa shape index (κ1) is 103. The van der Waals surface area contributed by atoms with Crippen molar-refractivity contribution < 1.29 is 117 Å². The van der Waals surface area contributed by atoms with Crippen LogP contribution in [-0.4, -0.2) is 160 Å². The number of esters is 1. The number of allylic oxidation sites excluding steroid dienone is 3. The maximum Gasteiger partial charge on any atom is 0.451 e. The number of benzene rings is 7. The maximum absolute atomic E-state index is 14.2. The van der Waals surface area contributed by atoms with Gasteiger partial charge in [-0.15, -0.1) is 41.7 Å². The first-order valence-corrected chi connectivity index (χ1v) is 44.0. The summed E-state index contributed by atoms with van der Waals surface area (Å²) in [7, 11) is 1.26. The molecule has 11 aromatic rings. The van der Waals surface area contributed by atoms with Crippen molar-refractivity contribution in [3.63, 3.8) is 0 Å². The van der Waals surface area contributed by atoms with E-state index in [0.29, 0.717) is 55.2 Å². The number of aliphatic imine (C=N–C) groups is 2. The molecule has 3 amide bonds. The van der Waals surface area contributed by atoms with Gasteiger partial charge >= 0.3 is 35.8 Å². The molecule has 4 aliphatic rings. The molecule has 3 fully saturated rings. The molecule has 30 nitrogen and oxygen atoms in total. The SMILES string of the molecule is CC(=O)C(N=Nc1ccc([N+](=O)[O-])cc1)=C(O)C(F)(F)F.CC(=O)Nc1c([N+](=O)[O-])cc(F)c(F)c1F.COC(=O)c1cc(-c2ccccc2)nc2c1C(=O)C(=O)C=C2N1CCCCC1.O=C(Nc1nc2ccccc2s1)C(F)(F)C(F)(F)C(=O)Nc1nc2ccccc2s1.O=C(c1ccccc1)c1ccc(O)c(O)c1O.Sc1sc(S)c(C=NC2CCCCC2)c1C=NC1CCCCC1. The van der Waals surface area contributed by atoms with E-state index in [9.17, 15) is 113 Å². The third-order valence-corrected chi connectivity index (χ3v) is 24.0. The molecule has 1 saturated heterocycles. The number of amides is 3. The number of thiophene rings is 1. The van der Waals surface area contributed by atoms with Gasteiger partial charge in [0.15, 0.2) is 62.2 Å². The number of anilines is 3. The lowest BCUT2D eigenvalue weighted by molar-refractivity contribution is -0.384. The summed E-state index contributed by atoms with van der Waals surface area (Å²) in [5.74, 6) is -29.0. The molecule has 1 aliphatic heterocycles. The Morgan fingerprint density at radius 2 is 1.09 bits per heavy atom. The number of phenolic OH excluding ortho intramolecular Hbond substituents is 3. The number of fused-ring (bicyclic) bond motifs is 3. The Kier molecular flexibility index (Phi) is 35.5. The summed E-state index contributed by atoms with van der Waals surface area (Å²) in [6, 6.07) is 40.3. The number of aromatic hydroxyl groups is 3. The Bertz CT molecular complexity index is 6230. The number of hydrogen-bond acceptors (Lipinski definition) is 30. The number of carbonyl (C=O) groups excluding carboxylic acids is 8. The van der Waals surface area contributed by atoms with Gasteiger partial charge in [-0.25, -0.2) is 32.9 Å². The van der Waals surface area contributed by atoms with Gasteiger partial charge in [0.25, 0.3) is 11.4 Å². The molecule has 7 N–H and O–H groups in total. The predicted octanol–water partition coefficient (Wildman–Crippen LogP) is 21.3. The van der Waals surface area contributed by atoms with E-state index in [4.69, 9.17) is 29.9 Å². The van der Waals surface area contributed by atoms with Gasteiger partial charge in [-0.1, -0.05) is 146 Å². The first-order valence-electron chi connectivity index (χ1n) is 40.7. The van der Waals surface area contributed by atoms with Gasteiger partial charge in [0.2, 0.25) is 29.0 Å². The van der Waals surface area contributed by atoms with E-state index in [1.165, 1.54) is 89.5 Å². The Labute approximate surface area is 782 Å². The van der Waals surface area contributed by atoms with Gasteiger partial charge in [-0.2, -0.15) is 35.8 Å². The lowest BCUT2D eigenvalue weighted by atomic mass is 9.90. The van der Waals surface area contributed by atoms with Gasteiger partial charge < -0.3 is 35.4 Å². The van der Waals surface area contributed by atoms with Crippen molar-refractivity contribution in [2.75, 3.05) is 36.1 Å². The zero-order valence-electron chi connectivity index (χ0n) is 71.0. The fourth-order valence-corrected chi connectivity index (χ4v) is 17.0. The van der Waals surface area contributed by atoms with Crippen LogP contribution in [0.2, 0.25) is 0 Å². The number of thiazole rings is 2. The van der Waals surface area contributed by atoms with Gasteiger partial charge in [-0.3, -0.25) is 74.4 Å². The molecule has 4 aromatic heterocycles. The molecule has 706 valence electrons. The van der Waals surface area contributed by atoms with Crippen molar-refractivity contribution >= 4 is 178 Å². The van der Waals surface area contributed by atoms with Crippen LogP contribution in [0.25, 0.3) is 37.4 Å². The van der Waals surface area contributed by atoms with E-state index >= 15 is 0 Å². The number of rotatable bonds is 20. The van der Waals surface area contributed by atoms with Crippen LogP contribution in [0.15, 0.2) is 204 Å². The molecule has 45 heteroatoms. The molecule has 0 radical (unpaired) electrons. The normalized spacial score (nSPS) is 14.3. The second kappa shape index (κ2) is 46.5. The summed E-state index contributed by atoms with van der Waals surface area (Å²) in [5.41, 5.74) is 2.31. The summed E-state index contributed by atoms with van der Waals surface area (Å²) in [4.78, 5) is 138. The first-order chi connectivity index (χ1) is 64.1. The minimum absolute atomic E-state index is 0.0191. The zero-order chi connectivity index (χ0) is 98.3. The Balaban J connectivity index is 0.000000170. The minimum Gasteiger partial charge on any atom is -0.504 e. The third-order valence-electron chi connectivity index (χ3n) is 20.3. The number of pyridine rings is 1. The molecule has 0 unspecified atom stereocenters. The number of hydrogen-bond donors (Lipinski definition) is 9. The van der Waals surface area contributed by atoms with Crippen LogP contribution in [-0.2, 0) is 28.7 Å². The number of nitro benzene ring substituents is 2. The lowest BCUT2D eigenvalue weighted by Gasteiger charge is -2.33. The third kappa shape index (κ3) is 26.5. The van der Waals surface area contributed by atoms with E-state index < -0.39 is 132 Å². The summed E-state index contributed by atoms with van der Waals surface area (Å²) in [5, 5.41) is 68.6. The molecule has 3 aliphatic carbocycles. The summed E-state index contributed by atoms with van der Waals surface area (Å²) in [6.07, 6.45) is 16.3. The predicted molar refractivity (Wildman–Crippen MR) is 490 cm³/mol. The van der Waals surface area contributed by atoms with Crippen molar-refractivity contribution in [1.29, 1.82) is 0 Å². The monoisotopic (exact) mass is 1960 g/mol. The second-order valence-corrected chi connectivity index (χ2v) is 34.3. The average molecular weight is 1970 g/mol. The number of likely N-dealkylation sites (tertiary alicyclic amines) is 1. The van der Waals surface area contributed by atoms with Crippen LogP contribution in [0.1, 0.15) is 151 Å². The number of ketones is 4. The fraction of sp³-hybridized carbons (Fsp3) is 0.256. The summed E-state index contributed by atoms with van der Waals surface area (Å²) in [6.45, 7) is 3.31. The molecule has 5 heterocycles. The molecule has 0 atom stereocenters. The number of nitrogens with one attached hydrogen (secondary N) is 3. The van der Waals surface area contributed by atoms with Crippen LogP contribution >= 0.6 is 59.3 Å². The molecule has 135 heavy (non-hydrogen) atoms. The van der Waals surface area contributed by atoms with E-state index in [1.54, 1.807) is 106 Å². The van der Waals surface area contributed by atoms with Crippen LogP contribution in [0.4, 0.5) is 76.9 Å². The number of carbonyl (C=O) groups is 8. The van der Waals surface area contributed by atoms with Gasteiger partial charge in [0.05, 0.1) is 91.3 Å². The number of methoxy groups -OCH3 is 1. The number of azo groups is 1. The largest absolute Gasteiger partial charge is 0.504 e. The van der Waals surface area contributed by atoms with Crippen molar-refractivity contribution in [2.24, 2.45) is 20.2 Å². The van der Waals surface area contributed by atoms with Crippen molar-refractivity contribution in [2.45, 2.75) is 136 Å². The molecule has 15 rings (SSSR count). The topological polar surface area (TPSA) is 440 Å². The number of Topliss-reactive ketones (excluding diaryl/α,β-unsaturated/α-hetero) is 2. The van der Waals surface area contributed by atoms with Crippen LogP contribution in [0.5, 0.6) is 17.2 Å². The highest BCUT2D eigenvalue weighted by Gasteiger charge is 2.67. The van der Waals surface area contributed by atoms with Crippen molar-refractivity contribution in [3.8, 4) is 28.5 Å². The van der Waals surface area contributed by atoms with Gasteiger partial charge in [0.1, 0.15) is 0 Å². The van der Waals surface area contributed by atoms with Crippen LogP contribution < -0.4 is 16.0 Å². The zero-order valence-corrected chi connectivity index (χ0v) is 75.2. The number of halogens is 10. The summed E-state index contributed by atoms with van der Waals surface area (Å²) >= 11 is 12.5. The molecular formula is C90H79F10N13O17S5. The van der Waals surface area contributed by atoms with Crippen molar-refractivity contribution in [3.05, 3.63) is 252 Å². The van der Waals surface area contributed by atoms with E-state index in [1.807, 2.05) is 42.8 Å². The minimum atomic E-state index is -5.33. The molecule has 7 aromatic carbocycles. The highest BCUT2D eigenvalue weighted by molar-refractivity contribution is 7.86.